The molecular formula is C25H21Cl2NO5S. The largest absolute Gasteiger partial charge is 0.460 e. The van der Waals surface area contributed by atoms with Gasteiger partial charge in [-0.05, 0) is 74.0 Å². The van der Waals surface area contributed by atoms with Gasteiger partial charge in [-0.2, -0.15) is 0 Å². The molecule has 0 aliphatic rings. The second kappa shape index (κ2) is 9.70. The molecule has 0 unspecified atom stereocenters. The van der Waals surface area contributed by atoms with Crippen molar-refractivity contribution in [1.82, 2.24) is 0 Å². The van der Waals surface area contributed by atoms with Gasteiger partial charge in [-0.15, -0.1) is 0 Å². The average Bonchev–Trinajstić information content (AvgIpc) is 3.15. The molecule has 0 fully saturated rings. The van der Waals surface area contributed by atoms with Gasteiger partial charge in [0.2, 0.25) is 5.76 Å². The fourth-order valence-corrected chi connectivity index (χ4v) is 5.26. The zero-order chi connectivity index (χ0) is 24.5. The van der Waals surface area contributed by atoms with E-state index in [1.54, 1.807) is 56.3 Å². The first-order valence-electron chi connectivity index (χ1n) is 10.4. The van der Waals surface area contributed by atoms with Crippen LogP contribution >= 0.6 is 23.2 Å². The maximum absolute atomic E-state index is 13.7. The average molecular weight is 518 g/mol. The van der Waals surface area contributed by atoms with Crippen LogP contribution in [0, 0.1) is 6.92 Å². The van der Waals surface area contributed by atoms with Crippen LogP contribution in [0.15, 0.2) is 76.0 Å². The molecule has 1 aromatic heterocycles. The Balaban J connectivity index is 1.83. The molecule has 0 atom stereocenters. The summed E-state index contributed by atoms with van der Waals surface area (Å²) < 4.78 is 39.4. The first-order chi connectivity index (χ1) is 16.2. The Morgan fingerprint density at radius 1 is 0.971 bits per heavy atom. The topological polar surface area (TPSA) is 76.8 Å². The van der Waals surface area contributed by atoms with Crippen LogP contribution < -0.4 is 4.31 Å². The zero-order valence-corrected chi connectivity index (χ0v) is 20.7. The SMILES string of the molecule is CCOC(=O)c1oc2ccc(N(Cc3ccc(Cl)cc3)S(=O)(=O)c3ccc(Cl)cc3)cc2c1C. The van der Waals surface area contributed by atoms with Gasteiger partial charge < -0.3 is 9.15 Å². The highest BCUT2D eigenvalue weighted by Crippen LogP contribution is 2.33. The third-order valence-corrected chi connectivity index (χ3v) is 7.60. The molecule has 4 aromatic rings. The van der Waals surface area contributed by atoms with Crippen LogP contribution in [0.4, 0.5) is 5.69 Å². The van der Waals surface area contributed by atoms with Crippen LogP contribution in [0.2, 0.25) is 10.0 Å². The van der Waals surface area contributed by atoms with E-state index in [1.807, 2.05) is 0 Å². The number of halogens is 2. The first kappa shape index (κ1) is 24.1. The van der Waals surface area contributed by atoms with Gasteiger partial charge in [-0.1, -0.05) is 35.3 Å². The number of carbonyl (C=O) groups is 1. The quantitative estimate of drug-likeness (QED) is 0.257. The molecule has 176 valence electrons. The molecule has 0 saturated carbocycles. The van der Waals surface area contributed by atoms with E-state index in [9.17, 15) is 13.2 Å². The molecule has 0 aliphatic heterocycles. The van der Waals surface area contributed by atoms with Crippen molar-refractivity contribution in [2.24, 2.45) is 0 Å². The Kier molecular flexibility index (Phi) is 6.89. The van der Waals surface area contributed by atoms with Crippen molar-refractivity contribution >= 4 is 55.9 Å². The molecule has 3 aromatic carbocycles. The number of benzene rings is 3. The highest BCUT2D eigenvalue weighted by atomic mass is 35.5. The molecule has 1 heterocycles. The number of carbonyl (C=O) groups excluding carboxylic acids is 1. The number of fused-ring (bicyclic) bond motifs is 1. The number of sulfonamides is 1. The molecule has 0 bridgehead atoms. The molecule has 0 spiro atoms. The molecule has 0 radical (unpaired) electrons. The fourth-order valence-electron chi connectivity index (χ4n) is 3.56. The number of hydrogen-bond acceptors (Lipinski definition) is 5. The number of nitrogens with zero attached hydrogens (tertiary/aromatic N) is 1. The molecule has 34 heavy (non-hydrogen) atoms. The minimum absolute atomic E-state index is 0.0647. The number of ether oxygens (including phenoxy) is 1. The highest BCUT2D eigenvalue weighted by molar-refractivity contribution is 7.92. The Morgan fingerprint density at radius 3 is 2.21 bits per heavy atom. The maximum Gasteiger partial charge on any atom is 0.374 e. The minimum atomic E-state index is -3.96. The lowest BCUT2D eigenvalue weighted by Gasteiger charge is -2.25. The number of rotatable bonds is 7. The number of aryl methyl sites for hydroxylation is 1. The van der Waals surface area contributed by atoms with Gasteiger partial charge in [0.15, 0.2) is 0 Å². The minimum Gasteiger partial charge on any atom is -0.460 e. The van der Waals surface area contributed by atoms with E-state index in [0.29, 0.717) is 32.3 Å². The Labute approximate surface area is 207 Å². The van der Waals surface area contributed by atoms with Crippen molar-refractivity contribution in [3.8, 4) is 0 Å². The molecule has 0 saturated heterocycles. The maximum atomic E-state index is 13.7. The van der Waals surface area contributed by atoms with Crippen LogP contribution in [0.1, 0.15) is 28.6 Å². The van der Waals surface area contributed by atoms with Gasteiger partial charge in [0.25, 0.3) is 10.0 Å². The van der Waals surface area contributed by atoms with Crippen LogP contribution in [-0.2, 0) is 21.3 Å². The highest BCUT2D eigenvalue weighted by Gasteiger charge is 2.27. The second-order valence-electron chi connectivity index (χ2n) is 7.55. The summed E-state index contributed by atoms with van der Waals surface area (Å²) >= 11 is 12.0. The van der Waals surface area contributed by atoms with Crippen molar-refractivity contribution in [3.05, 3.63) is 93.7 Å². The van der Waals surface area contributed by atoms with E-state index >= 15 is 0 Å². The molecule has 4 rings (SSSR count). The Morgan fingerprint density at radius 2 is 1.59 bits per heavy atom. The predicted octanol–water partition coefficient (Wildman–Crippen LogP) is 6.62. The summed E-state index contributed by atoms with van der Waals surface area (Å²) in [6.07, 6.45) is 0. The van der Waals surface area contributed by atoms with E-state index in [2.05, 4.69) is 0 Å². The third-order valence-electron chi connectivity index (χ3n) is 5.31. The van der Waals surface area contributed by atoms with E-state index in [0.717, 1.165) is 5.56 Å². The summed E-state index contributed by atoms with van der Waals surface area (Å²) in [7, 11) is -3.96. The molecule has 0 amide bonds. The van der Waals surface area contributed by atoms with Crippen LogP contribution in [-0.4, -0.2) is 21.0 Å². The van der Waals surface area contributed by atoms with Crippen molar-refractivity contribution in [2.45, 2.75) is 25.3 Å². The van der Waals surface area contributed by atoms with E-state index in [4.69, 9.17) is 32.4 Å². The van der Waals surface area contributed by atoms with Crippen molar-refractivity contribution in [1.29, 1.82) is 0 Å². The fraction of sp³-hybridized carbons (Fsp3) is 0.160. The second-order valence-corrected chi connectivity index (χ2v) is 10.3. The van der Waals surface area contributed by atoms with Crippen molar-refractivity contribution in [2.75, 3.05) is 10.9 Å². The van der Waals surface area contributed by atoms with Crippen molar-refractivity contribution in [3.63, 3.8) is 0 Å². The van der Waals surface area contributed by atoms with Gasteiger partial charge in [0.1, 0.15) is 5.58 Å². The van der Waals surface area contributed by atoms with E-state index in [-0.39, 0.29) is 23.8 Å². The number of hydrogen-bond donors (Lipinski definition) is 0. The summed E-state index contributed by atoms with van der Waals surface area (Å²) in [6.45, 7) is 3.73. The first-order valence-corrected chi connectivity index (χ1v) is 12.6. The van der Waals surface area contributed by atoms with Gasteiger partial charge in [-0.3, -0.25) is 4.31 Å². The summed E-state index contributed by atoms with van der Waals surface area (Å²) in [4.78, 5) is 12.3. The lowest BCUT2D eigenvalue weighted by Crippen LogP contribution is -2.30. The summed E-state index contributed by atoms with van der Waals surface area (Å²) in [5.41, 5.74) is 2.19. The van der Waals surface area contributed by atoms with Crippen molar-refractivity contribution < 1.29 is 22.4 Å². The molecular weight excluding hydrogens is 497 g/mol. The number of furan rings is 1. The summed E-state index contributed by atoms with van der Waals surface area (Å²) in [6, 6.07) is 17.9. The number of esters is 1. The Bertz CT molecular complexity index is 1450. The Hall–Kier alpha value is -3.00. The van der Waals surface area contributed by atoms with Gasteiger partial charge in [0.05, 0.1) is 23.7 Å². The number of anilines is 1. The summed E-state index contributed by atoms with van der Waals surface area (Å²) in [5, 5.41) is 1.61. The van der Waals surface area contributed by atoms with Crippen LogP contribution in [0.5, 0.6) is 0 Å². The molecule has 9 heteroatoms. The predicted molar refractivity (Wildman–Crippen MR) is 133 cm³/mol. The van der Waals surface area contributed by atoms with Gasteiger partial charge in [0, 0.05) is 21.0 Å². The van der Waals surface area contributed by atoms with E-state index in [1.165, 1.54) is 28.6 Å². The normalized spacial score (nSPS) is 11.5. The zero-order valence-electron chi connectivity index (χ0n) is 18.4. The third kappa shape index (κ3) is 4.78. The van der Waals surface area contributed by atoms with Gasteiger partial charge >= 0.3 is 5.97 Å². The van der Waals surface area contributed by atoms with Gasteiger partial charge in [-0.25, -0.2) is 13.2 Å². The standard InChI is InChI=1S/C25H21Cl2NO5S/c1-3-32-25(29)24-16(2)22-14-20(10-13-23(22)33-24)28(15-17-4-6-18(26)7-5-17)34(30,31)21-11-8-19(27)9-12-21/h4-14H,3,15H2,1-2H3. The summed E-state index contributed by atoms with van der Waals surface area (Å²) in [5.74, 6) is -0.469. The van der Waals surface area contributed by atoms with Crippen LogP contribution in [0.3, 0.4) is 0 Å². The van der Waals surface area contributed by atoms with E-state index < -0.39 is 16.0 Å². The smallest absolute Gasteiger partial charge is 0.374 e. The lowest BCUT2D eigenvalue weighted by molar-refractivity contribution is 0.0491. The molecule has 0 N–H and O–H groups in total. The van der Waals surface area contributed by atoms with Crippen LogP contribution in [0.25, 0.3) is 11.0 Å². The lowest BCUT2D eigenvalue weighted by atomic mass is 10.1. The molecule has 0 aliphatic carbocycles. The monoisotopic (exact) mass is 517 g/mol. The molecule has 6 nitrogen and oxygen atoms in total.